The van der Waals surface area contributed by atoms with E-state index in [1.165, 1.54) is 0 Å². The summed E-state index contributed by atoms with van der Waals surface area (Å²) in [4.78, 5) is 0. The van der Waals surface area contributed by atoms with Gasteiger partial charge in [-0.05, 0) is 6.92 Å². The molecule has 0 aromatic carbocycles. The van der Waals surface area contributed by atoms with Crippen molar-refractivity contribution in [1.29, 1.82) is 0 Å². The molecular weight excluding hydrogens is 140 g/mol. The van der Waals surface area contributed by atoms with Crippen LogP contribution >= 0.6 is 11.6 Å². The zero-order valence-electron chi connectivity index (χ0n) is 3.80. The number of hydrogen-bond acceptors (Lipinski definition) is 0. The van der Waals surface area contributed by atoms with Crippen LogP contribution in [0.4, 0.5) is 13.2 Å². The molecule has 0 aromatic rings. The Balaban J connectivity index is 4.03. The molecule has 0 spiro atoms. The second kappa shape index (κ2) is 2.40. The van der Waals surface area contributed by atoms with E-state index in [1.807, 2.05) is 0 Å². The lowest BCUT2D eigenvalue weighted by atomic mass is 10.5. The Hall–Kier alpha value is -0.180. The van der Waals surface area contributed by atoms with E-state index in [9.17, 15) is 13.2 Å². The fraction of sp³-hybridized carbons (Fsp3) is 0.250. The second-order valence-electron chi connectivity index (χ2n) is 1.05. The zero-order chi connectivity index (χ0) is 6.78. The van der Waals surface area contributed by atoms with Crippen molar-refractivity contribution in [2.24, 2.45) is 0 Å². The second-order valence-corrected chi connectivity index (χ2v) is 1.46. The molecule has 0 atom stereocenters. The molecule has 0 bridgehead atoms. The summed E-state index contributed by atoms with van der Waals surface area (Å²) < 4.78 is 33.6. The molecule has 1 radical (unpaired) electrons. The van der Waals surface area contributed by atoms with Crippen LogP contribution in [0.25, 0.3) is 0 Å². The minimum absolute atomic E-state index is 0.557. The Kier molecular flexibility index (Phi) is 2.34. The molecule has 0 nitrogen and oxygen atoms in total. The van der Waals surface area contributed by atoms with Crippen molar-refractivity contribution in [3.05, 3.63) is 18.0 Å². The van der Waals surface area contributed by atoms with Crippen molar-refractivity contribution in [3.63, 3.8) is 0 Å². The van der Waals surface area contributed by atoms with Gasteiger partial charge in [-0.25, -0.2) is 0 Å². The van der Waals surface area contributed by atoms with Crippen molar-refractivity contribution < 1.29 is 13.2 Å². The van der Waals surface area contributed by atoms with Crippen LogP contribution in [-0.2, 0) is 0 Å². The molecule has 0 amide bonds. The Morgan fingerprint density at radius 2 is 1.88 bits per heavy atom. The maximum atomic E-state index is 11.2. The third-order valence-corrected chi connectivity index (χ3v) is 0.819. The molecule has 4 heteroatoms. The van der Waals surface area contributed by atoms with E-state index in [4.69, 9.17) is 0 Å². The summed E-state index contributed by atoms with van der Waals surface area (Å²) in [6.07, 6.45) is -3.87. The molecule has 0 rings (SSSR count). The van der Waals surface area contributed by atoms with Crippen LogP contribution in [0.5, 0.6) is 0 Å². The standard InChI is InChI=1S/C4H3ClF3/c1-2-3(5)4(6,7)8/h2H,1H2/b3-2-. The van der Waals surface area contributed by atoms with Gasteiger partial charge >= 0.3 is 6.18 Å². The van der Waals surface area contributed by atoms with Crippen LogP contribution < -0.4 is 0 Å². The van der Waals surface area contributed by atoms with Crippen LogP contribution in [0.1, 0.15) is 0 Å². The summed E-state index contributed by atoms with van der Waals surface area (Å²) in [6.45, 7) is 2.84. The van der Waals surface area contributed by atoms with Gasteiger partial charge in [0.05, 0.1) is 0 Å². The molecule has 0 unspecified atom stereocenters. The average molecular weight is 144 g/mol. The van der Waals surface area contributed by atoms with Crippen LogP contribution in [0, 0.1) is 6.92 Å². The highest BCUT2D eigenvalue weighted by atomic mass is 35.5. The number of alkyl halides is 3. The number of hydrogen-bond donors (Lipinski definition) is 0. The van der Waals surface area contributed by atoms with E-state index in [0.717, 1.165) is 0 Å². The van der Waals surface area contributed by atoms with Gasteiger partial charge in [0.15, 0.2) is 0 Å². The third-order valence-electron chi connectivity index (χ3n) is 0.450. The minimum Gasteiger partial charge on any atom is -0.165 e. The van der Waals surface area contributed by atoms with Gasteiger partial charge in [-0.1, -0.05) is 17.7 Å². The van der Waals surface area contributed by atoms with Crippen molar-refractivity contribution in [2.75, 3.05) is 0 Å². The third kappa shape index (κ3) is 2.21. The first-order valence-electron chi connectivity index (χ1n) is 1.70. The first-order valence-corrected chi connectivity index (χ1v) is 2.08. The van der Waals surface area contributed by atoms with Gasteiger partial charge < -0.3 is 0 Å². The number of rotatable bonds is 0. The topological polar surface area (TPSA) is 0 Å². The van der Waals surface area contributed by atoms with E-state index >= 15 is 0 Å². The summed E-state index contributed by atoms with van der Waals surface area (Å²) in [5, 5.41) is -1.18. The molecule has 0 aromatic heterocycles. The summed E-state index contributed by atoms with van der Waals surface area (Å²) in [5.74, 6) is 0. The predicted octanol–water partition coefficient (Wildman–Crippen LogP) is 2.51. The molecule has 0 saturated heterocycles. The average Bonchev–Trinajstić information content (AvgIpc) is 1.62. The summed E-state index contributed by atoms with van der Waals surface area (Å²) >= 11 is 4.61. The Morgan fingerprint density at radius 1 is 1.50 bits per heavy atom. The van der Waals surface area contributed by atoms with E-state index in [-0.39, 0.29) is 0 Å². The van der Waals surface area contributed by atoms with Gasteiger partial charge in [0.1, 0.15) is 5.03 Å². The molecule has 0 heterocycles. The lowest BCUT2D eigenvalue weighted by Crippen LogP contribution is -2.06. The Bertz CT molecular complexity index is 102. The van der Waals surface area contributed by atoms with Crippen LogP contribution in [-0.4, -0.2) is 6.18 Å². The first kappa shape index (κ1) is 7.82. The van der Waals surface area contributed by atoms with Crippen molar-refractivity contribution in [1.82, 2.24) is 0 Å². The number of allylic oxidation sites excluding steroid dienone is 2. The molecular formula is C4H3ClF3. The van der Waals surface area contributed by atoms with Gasteiger partial charge in [0.2, 0.25) is 0 Å². The lowest BCUT2D eigenvalue weighted by molar-refractivity contribution is -0.0845. The quantitative estimate of drug-likeness (QED) is 0.489. The highest BCUT2D eigenvalue weighted by molar-refractivity contribution is 6.30. The first-order chi connectivity index (χ1) is 3.48. The van der Waals surface area contributed by atoms with E-state index in [1.54, 1.807) is 0 Å². The van der Waals surface area contributed by atoms with Gasteiger partial charge in [0.25, 0.3) is 0 Å². The minimum atomic E-state index is -4.43. The van der Waals surface area contributed by atoms with Crippen molar-refractivity contribution in [3.8, 4) is 0 Å². The Morgan fingerprint density at radius 3 is 1.88 bits per heavy atom. The van der Waals surface area contributed by atoms with E-state index in [2.05, 4.69) is 18.5 Å². The Labute approximate surface area is 49.9 Å². The fourth-order valence-electron chi connectivity index (χ4n) is 0.116. The maximum Gasteiger partial charge on any atom is 0.426 e. The van der Waals surface area contributed by atoms with Crippen LogP contribution in [0.2, 0.25) is 0 Å². The molecule has 0 aliphatic carbocycles. The van der Waals surface area contributed by atoms with Crippen molar-refractivity contribution in [2.45, 2.75) is 6.18 Å². The normalized spacial score (nSPS) is 14.4. The van der Waals surface area contributed by atoms with Gasteiger partial charge in [-0.3, -0.25) is 0 Å². The summed E-state index contributed by atoms with van der Waals surface area (Å²) in [6, 6.07) is 0. The van der Waals surface area contributed by atoms with E-state index < -0.39 is 11.2 Å². The summed E-state index contributed by atoms with van der Waals surface area (Å²) in [7, 11) is 0. The molecule has 0 aliphatic rings. The molecule has 0 fully saturated rings. The molecule has 0 aliphatic heterocycles. The maximum absolute atomic E-state index is 11.2. The highest BCUT2D eigenvalue weighted by Crippen LogP contribution is 2.27. The van der Waals surface area contributed by atoms with Gasteiger partial charge in [0, 0.05) is 0 Å². The highest BCUT2D eigenvalue weighted by Gasteiger charge is 2.31. The molecule has 8 heavy (non-hydrogen) atoms. The smallest absolute Gasteiger partial charge is 0.165 e. The fourth-order valence-corrected chi connectivity index (χ4v) is 0.116. The largest absolute Gasteiger partial charge is 0.426 e. The monoisotopic (exact) mass is 143 g/mol. The molecule has 0 saturated carbocycles. The SMILES string of the molecule is [CH2]/C=C(\Cl)C(F)(F)F. The van der Waals surface area contributed by atoms with Gasteiger partial charge in [-0.15, -0.1) is 0 Å². The lowest BCUT2D eigenvalue weighted by Gasteiger charge is -2.00. The van der Waals surface area contributed by atoms with Crippen LogP contribution in [0.3, 0.4) is 0 Å². The van der Waals surface area contributed by atoms with Crippen molar-refractivity contribution >= 4 is 11.6 Å². The van der Waals surface area contributed by atoms with Crippen LogP contribution in [0.15, 0.2) is 11.1 Å². The summed E-state index contributed by atoms with van der Waals surface area (Å²) in [5.41, 5.74) is 0. The van der Waals surface area contributed by atoms with Gasteiger partial charge in [-0.2, -0.15) is 13.2 Å². The zero-order valence-corrected chi connectivity index (χ0v) is 4.55. The molecule has 0 N–H and O–H groups in total. The van der Waals surface area contributed by atoms with E-state index in [0.29, 0.717) is 6.08 Å². The number of halogens is 4. The predicted molar refractivity (Wildman–Crippen MR) is 25.3 cm³/mol. The molecule has 47 valence electrons.